The van der Waals surface area contributed by atoms with Gasteiger partial charge in [-0.25, -0.2) is 4.39 Å². The van der Waals surface area contributed by atoms with E-state index < -0.39 is 5.82 Å². The maximum atomic E-state index is 14.7. The Bertz CT molecular complexity index is 836. The molecule has 3 aromatic rings. The highest BCUT2D eigenvalue weighted by Crippen LogP contribution is 2.39. The summed E-state index contributed by atoms with van der Waals surface area (Å²) < 4.78 is 14.7. The average molecular weight is 297 g/mol. The molecule has 3 rings (SSSR count). The first-order valence-electron chi connectivity index (χ1n) is 7.08. The lowest BCUT2D eigenvalue weighted by molar-refractivity contribution is 0.434. The van der Waals surface area contributed by atoms with E-state index in [0.717, 1.165) is 0 Å². The highest BCUT2D eigenvalue weighted by Gasteiger charge is 2.16. The summed E-state index contributed by atoms with van der Waals surface area (Å²) in [5.74, 6) is -0.507. The van der Waals surface area contributed by atoms with Gasteiger partial charge in [0, 0.05) is 22.7 Å². The highest BCUT2D eigenvalue weighted by atomic mass is 19.1. The number of aromatic nitrogens is 1. The van der Waals surface area contributed by atoms with Gasteiger partial charge in [0.15, 0.2) is 0 Å². The minimum Gasteiger partial charge on any atom is -0.507 e. The second-order valence-corrected chi connectivity index (χ2v) is 5.58. The average Bonchev–Trinajstić information content (AvgIpc) is 2.46. The van der Waals surface area contributed by atoms with E-state index in [4.69, 9.17) is 0 Å². The van der Waals surface area contributed by atoms with Crippen LogP contribution in [0.3, 0.4) is 0 Å². The van der Waals surface area contributed by atoms with Crippen LogP contribution in [-0.4, -0.2) is 15.2 Å². The van der Waals surface area contributed by atoms with Gasteiger partial charge in [0.25, 0.3) is 0 Å². The van der Waals surface area contributed by atoms with E-state index in [0.29, 0.717) is 27.6 Å². The molecular weight excluding hydrogens is 281 g/mol. The van der Waals surface area contributed by atoms with Gasteiger partial charge in [0.2, 0.25) is 0 Å². The summed E-state index contributed by atoms with van der Waals surface area (Å²) >= 11 is 0. The number of halogens is 1. The zero-order valence-electron chi connectivity index (χ0n) is 12.3. The zero-order chi connectivity index (χ0) is 15.9. The van der Waals surface area contributed by atoms with Crippen LogP contribution < -0.4 is 0 Å². The topological polar surface area (TPSA) is 53.4 Å². The Kier molecular flexibility index (Phi) is 3.45. The van der Waals surface area contributed by atoms with E-state index in [1.807, 2.05) is 13.8 Å². The standard InChI is InChI=1S/C18H16FNO2/c1-10(2)17-15(21)8-11(9-16(17)22)12-5-6-14-13(18(12)19)4-3-7-20-14/h3-10,21-22H,1-2H3. The summed E-state index contributed by atoms with van der Waals surface area (Å²) in [6.45, 7) is 3.74. The smallest absolute Gasteiger partial charge is 0.140 e. The van der Waals surface area contributed by atoms with Gasteiger partial charge in [-0.15, -0.1) is 0 Å². The number of nitrogens with zero attached hydrogens (tertiary/aromatic N) is 1. The summed E-state index contributed by atoms with van der Waals surface area (Å²) in [5, 5.41) is 20.6. The molecule has 2 N–H and O–H groups in total. The molecule has 0 unspecified atom stereocenters. The number of pyridine rings is 1. The Morgan fingerprint density at radius 1 is 1.05 bits per heavy atom. The van der Waals surface area contributed by atoms with Gasteiger partial charge in [-0.3, -0.25) is 4.98 Å². The molecule has 0 fully saturated rings. The predicted molar refractivity (Wildman–Crippen MR) is 84.6 cm³/mol. The van der Waals surface area contributed by atoms with Crippen LogP contribution in [0.25, 0.3) is 22.0 Å². The van der Waals surface area contributed by atoms with Crippen molar-refractivity contribution >= 4 is 10.9 Å². The van der Waals surface area contributed by atoms with Crippen LogP contribution >= 0.6 is 0 Å². The summed E-state index contributed by atoms with van der Waals surface area (Å²) in [5.41, 5.74) is 1.78. The third-order valence-electron chi connectivity index (χ3n) is 3.74. The Morgan fingerprint density at radius 2 is 1.73 bits per heavy atom. The normalized spacial score (nSPS) is 11.3. The number of hydrogen-bond donors (Lipinski definition) is 2. The van der Waals surface area contributed by atoms with Crippen molar-refractivity contribution in [3.05, 3.63) is 54.0 Å². The van der Waals surface area contributed by atoms with Gasteiger partial charge >= 0.3 is 0 Å². The second-order valence-electron chi connectivity index (χ2n) is 5.58. The molecule has 22 heavy (non-hydrogen) atoms. The fraction of sp³-hybridized carbons (Fsp3) is 0.167. The number of benzene rings is 2. The van der Waals surface area contributed by atoms with Crippen molar-refractivity contribution in [2.45, 2.75) is 19.8 Å². The van der Waals surface area contributed by atoms with Crippen molar-refractivity contribution in [2.75, 3.05) is 0 Å². The molecule has 0 aliphatic carbocycles. The van der Waals surface area contributed by atoms with Crippen LogP contribution in [0.15, 0.2) is 42.6 Å². The Balaban J connectivity index is 2.22. The molecule has 0 radical (unpaired) electrons. The van der Waals surface area contributed by atoms with Crippen LogP contribution in [0.5, 0.6) is 11.5 Å². The second kappa shape index (κ2) is 5.30. The Morgan fingerprint density at radius 3 is 2.36 bits per heavy atom. The van der Waals surface area contributed by atoms with E-state index in [-0.39, 0.29) is 17.4 Å². The molecule has 0 spiro atoms. The molecule has 0 aliphatic rings. The number of rotatable bonds is 2. The number of hydrogen-bond acceptors (Lipinski definition) is 3. The first-order chi connectivity index (χ1) is 10.5. The fourth-order valence-corrected chi connectivity index (χ4v) is 2.71. The first kappa shape index (κ1) is 14.3. The third-order valence-corrected chi connectivity index (χ3v) is 3.74. The monoisotopic (exact) mass is 297 g/mol. The molecule has 4 heteroatoms. The SMILES string of the molecule is CC(C)c1c(O)cc(-c2ccc3ncccc3c2F)cc1O. The van der Waals surface area contributed by atoms with E-state index in [2.05, 4.69) is 4.98 Å². The van der Waals surface area contributed by atoms with Gasteiger partial charge in [-0.2, -0.15) is 0 Å². The molecule has 1 aromatic heterocycles. The molecule has 112 valence electrons. The van der Waals surface area contributed by atoms with Crippen LogP contribution in [0, 0.1) is 5.82 Å². The number of phenolic OH excluding ortho intramolecular Hbond substituents is 2. The lowest BCUT2D eigenvalue weighted by atomic mass is 9.95. The maximum Gasteiger partial charge on any atom is 0.140 e. The minimum atomic E-state index is -0.415. The molecular formula is C18H16FNO2. The lowest BCUT2D eigenvalue weighted by Crippen LogP contribution is -1.93. The van der Waals surface area contributed by atoms with Gasteiger partial charge < -0.3 is 10.2 Å². The van der Waals surface area contributed by atoms with Crippen LogP contribution in [0.4, 0.5) is 4.39 Å². The number of fused-ring (bicyclic) bond motifs is 1. The fourth-order valence-electron chi connectivity index (χ4n) is 2.71. The first-order valence-corrected chi connectivity index (χ1v) is 7.08. The van der Waals surface area contributed by atoms with E-state index in [9.17, 15) is 14.6 Å². The molecule has 0 bridgehead atoms. The number of phenols is 2. The summed E-state index contributed by atoms with van der Waals surface area (Å²) in [4.78, 5) is 4.11. The summed E-state index contributed by atoms with van der Waals surface area (Å²) in [7, 11) is 0. The molecule has 3 nitrogen and oxygen atoms in total. The molecule has 2 aromatic carbocycles. The van der Waals surface area contributed by atoms with Gasteiger partial charge in [-0.05, 0) is 47.9 Å². The van der Waals surface area contributed by atoms with E-state index in [1.54, 1.807) is 30.5 Å². The minimum absolute atomic E-state index is 0.0281. The van der Waals surface area contributed by atoms with Crippen LogP contribution in [0.2, 0.25) is 0 Å². The van der Waals surface area contributed by atoms with Crippen LogP contribution in [-0.2, 0) is 0 Å². The predicted octanol–water partition coefficient (Wildman–Crippen LogP) is 4.58. The highest BCUT2D eigenvalue weighted by molar-refractivity contribution is 5.86. The van der Waals surface area contributed by atoms with Crippen molar-refractivity contribution < 1.29 is 14.6 Å². The van der Waals surface area contributed by atoms with Gasteiger partial charge in [-0.1, -0.05) is 13.8 Å². The lowest BCUT2D eigenvalue weighted by Gasteiger charge is -2.14. The molecule has 1 heterocycles. The largest absolute Gasteiger partial charge is 0.507 e. The molecule has 0 saturated heterocycles. The van der Waals surface area contributed by atoms with Gasteiger partial charge in [0.05, 0.1) is 5.52 Å². The van der Waals surface area contributed by atoms with Crippen LogP contribution in [0.1, 0.15) is 25.3 Å². The van der Waals surface area contributed by atoms with E-state index in [1.165, 1.54) is 12.1 Å². The third kappa shape index (κ3) is 2.26. The molecule has 0 atom stereocenters. The zero-order valence-corrected chi connectivity index (χ0v) is 12.3. The van der Waals surface area contributed by atoms with E-state index >= 15 is 0 Å². The molecule has 0 aliphatic heterocycles. The Labute approximate surface area is 127 Å². The maximum absolute atomic E-state index is 14.7. The van der Waals surface area contributed by atoms with Crippen molar-refractivity contribution in [1.29, 1.82) is 0 Å². The van der Waals surface area contributed by atoms with Crippen molar-refractivity contribution in [3.8, 4) is 22.6 Å². The summed E-state index contributed by atoms with van der Waals surface area (Å²) in [6, 6.07) is 9.62. The quantitative estimate of drug-likeness (QED) is 0.728. The molecule has 0 amide bonds. The summed E-state index contributed by atoms with van der Waals surface area (Å²) in [6.07, 6.45) is 1.61. The van der Waals surface area contributed by atoms with Crippen molar-refractivity contribution in [2.24, 2.45) is 0 Å². The van der Waals surface area contributed by atoms with Crippen molar-refractivity contribution in [3.63, 3.8) is 0 Å². The number of aromatic hydroxyl groups is 2. The molecule has 0 saturated carbocycles. The Hall–Kier alpha value is -2.62. The van der Waals surface area contributed by atoms with Gasteiger partial charge in [0.1, 0.15) is 17.3 Å². The van der Waals surface area contributed by atoms with Crippen molar-refractivity contribution in [1.82, 2.24) is 4.98 Å².